The maximum absolute atomic E-state index is 12.6. The van der Waals surface area contributed by atoms with Crippen LogP contribution in [0.25, 0.3) is 0 Å². The molecule has 3 rings (SSSR count). The van der Waals surface area contributed by atoms with Gasteiger partial charge in [0.15, 0.2) is 0 Å². The SMILES string of the molecule is CC(CO)NC(=O)c1ccc2c(c1)C(=O)N(CCc1ccccc1)C2=O. The normalized spacial score (nSPS) is 14.3. The van der Waals surface area contributed by atoms with E-state index in [4.69, 9.17) is 5.11 Å². The molecule has 0 radical (unpaired) electrons. The Morgan fingerprint density at radius 1 is 1.08 bits per heavy atom. The lowest BCUT2D eigenvalue weighted by Gasteiger charge is -2.13. The van der Waals surface area contributed by atoms with E-state index >= 15 is 0 Å². The van der Waals surface area contributed by atoms with E-state index in [0.717, 1.165) is 5.56 Å². The molecule has 6 nitrogen and oxygen atoms in total. The van der Waals surface area contributed by atoms with Crippen molar-refractivity contribution in [2.75, 3.05) is 13.2 Å². The molecule has 1 aliphatic heterocycles. The third kappa shape index (κ3) is 3.50. The van der Waals surface area contributed by atoms with Gasteiger partial charge in [0, 0.05) is 18.2 Å². The summed E-state index contributed by atoms with van der Waals surface area (Å²) in [6.45, 7) is 1.78. The summed E-state index contributed by atoms with van der Waals surface area (Å²) in [5, 5.41) is 11.7. The van der Waals surface area contributed by atoms with Gasteiger partial charge in [0.25, 0.3) is 17.7 Å². The van der Waals surface area contributed by atoms with Gasteiger partial charge in [0.1, 0.15) is 0 Å². The van der Waals surface area contributed by atoms with E-state index in [1.54, 1.807) is 6.92 Å². The number of imide groups is 1. The van der Waals surface area contributed by atoms with Crippen molar-refractivity contribution in [1.29, 1.82) is 0 Å². The summed E-state index contributed by atoms with van der Waals surface area (Å²) in [6, 6.07) is 13.7. The van der Waals surface area contributed by atoms with E-state index < -0.39 is 11.9 Å². The van der Waals surface area contributed by atoms with Gasteiger partial charge >= 0.3 is 0 Å². The first-order chi connectivity index (χ1) is 12.5. The average molecular weight is 352 g/mol. The lowest BCUT2D eigenvalue weighted by molar-refractivity contribution is 0.0656. The largest absolute Gasteiger partial charge is 0.394 e. The van der Waals surface area contributed by atoms with Crippen molar-refractivity contribution in [3.8, 4) is 0 Å². The van der Waals surface area contributed by atoms with Gasteiger partial charge in [0.05, 0.1) is 17.7 Å². The van der Waals surface area contributed by atoms with Crippen LogP contribution in [0.5, 0.6) is 0 Å². The summed E-state index contributed by atoms with van der Waals surface area (Å²) in [5.74, 6) is -1.11. The Morgan fingerprint density at radius 2 is 1.77 bits per heavy atom. The van der Waals surface area contributed by atoms with Gasteiger partial charge < -0.3 is 10.4 Å². The second-order valence-corrected chi connectivity index (χ2v) is 6.31. The molecule has 2 N–H and O–H groups in total. The summed E-state index contributed by atoms with van der Waals surface area (Å²) < 4.78 is 0. The number of aliphatic hydroxyl groups is 1. The van der Waals surface area contributed by atoms with Crippen LogP contribution in [0.1, 0.15) is 43.6 Å². The van der Waals surface area contributed by atoms with Gasteiger partial charge in [-0.05, 0) is 37.1 Å². The van der Waals surface area contributed by atoms with Crippen LogP contribution in [-0.2, 0) is 6.42 Å². The zero-order valence-electron chi connectivity index (χ0n) is 14.4. The highest BCUT2D eigenvalue weighted by atomic mass is 16.3. The number of nitrogens with one attached hydrogen (secondary N) is 1. The van der Waals surface area contributed by atoms with Crippen molar-refractivity contribution in [1.82, 2.24) is 10.2 Å². The van der Waals surface area contributed by atoms with Gasteiger partial charge in [-0.15, -0.1) is 0 Å². The molecule has 26 heavy (non-hydrogen) atoms. The first kappa shape index (κ1) is 17.8. The molecule has 1 unspecified atom stereocenters. The van der Waals surface area contributed by atoms with Crippen molar-refractivity contribution in [2.45, 2.75) is 19.4 Å². The number of carbonyl (C=O) groups excluding carboxylic acids is 3. The highest BCUT2D eigenvalue weighted by Gasteiger charge is 2.35. The fourth-order valence-corrected chi connectivity index (χ4v) is 2.87. The van der Waals surface area contributed by atoms with Crippen molar-refractivity contribution >= 4 is 17.7 Å². The monoisotopic (exact) mass is 352 g/mol. The number of fused-ring (bicyclic) bond motifs is 1. The quantitative estimate of drug-likeness (QED) is 0.774. The van der Waals surface area contributed by atoms with Gasteiger partial charge in [0.2, 0.25) is 0 Å². The van der Waals surface area contributed by atoms with E-state index in [0.29, 0.717) is 18.5 Å². The average Bonchev–Trinajstić information content (AvgIpc) is 2.90. The number of benzene rings is 2. The third-order valence-electron chi connectivity index (χ3n) is 4.35. The highest BCUT2D eigenvalue weighted by molar-refractivity contribution is 6.22. The van der Waals surface area contributed by atoms with Crippen molar-refractivity contribution < 1.29 is 19.5 Å². The summed E-state index contributed by atoms with van der Waals surface area (Å²) >= 11 is 0. The predicted octanol–water partition coefficient (Wildman–Crippen LogP) is 1.64. The molecule has 2 aromatic carbocycles. The molecule has 6 heteroatoms. The van der Waals surface area contributed by atoms with E-state index in [1.807, 2.05) is 30.3 Å². The molecule has 0 spiro atoms. The van der Waals surface area contributed by atoms with E-state index in [-0.39, 0.29) is 29.5 Å². The standard InChI is InChI=1S/C20H20N2O4/c1-13(12-23)21-18(24)15-7-8-16-17(11-15)20(26)22(19(16)25)10-9-14-5-3-2-4-6-14/h2-8,11,13,23H,9-10,12H2,1H3,(H,21,24). The maximum atomic E-state index is 12.6. The van der Waals surface area contributed by atoms with Crippen LogP contribution in [0.4, 0.5) is 0 Å². The maximum Gasteiger partial charge on any atom is 0.261 e. The number of rotatable bonds is 6. The van der Waals surface area contributed by atoms with Crippen LogP contribution in [-0.4, -0.2) is 46.9 Å². The second-order valence-electron chi connectivity index (χ2n) is 6.31. The predicted molar refractivity (Wildman–Crippen MR) is 96.0 cm³/mol. The number of nitrogens with zero attached hydrogens (tertiary/aromatic N) is 1. The second kappa shape index (κ2) is 7.49. The van der Waals surface area contributed by atoms with Crippen molar-refractivity contribution in [3.63, 3.8) is 0 Å². The van der Waals surface area contributed by atoms with Crippen LogP contribution in [0.2, 0.25) is 0 Å². The summed E-state index contributed by atoms with van der Waals surface area (Å²) in [5.41, 5.74) is 1.89. The minimum absolute atomic E-state index is 0.179. The molecule has 1 heterocycles. The molecular weight excluding hydrogens is 332 g/mol. The van der Waals surface area contributed by atoms with E-state index in [9.17, 15) is 14.4 Å². The van der Waals surface area contributed by atoms with Gasteiger partial charge in [-0.25, -0.2) is 0 Å². The Kier molecular flexibility index (Phi) is 5.14. The summed E-state index contributed by atoms with van der Waals surface area (Å²) in [7, 11) is 0. The summed E-state index contributed by atoms with van der Waals surface area (Å²) in [6.07, 6.45) is 0.577. The lowest BCUT2D eigenvalue weighted by atomic mass is 10.1. The van der Waals surface area contributed by atoms with Gasteiger partial charge in [-0.1, -0.05) is 30.3 Å². The zero-order chi connectivity index (χ0) is 18.7. The molecule has 134 valence electrons. The van der Waals surface area contributed by atoms with E-state index in [2.05, 4.69) is 5.32 Å². The molecule has 0 aromatic heterocycles. The molecule has 0 bridgehead atoms. The van der Waals surface area contributed by atoms with Gasteiger partial charge in [-0.2, -0.15) is 0 Å². The van der Waals surface area contributed by atoms with Crippen molar-refractivity contribution in [3.05, 3.63) is 70.8 Å². The zero-order valence-corrected chi connectivity index (χ0v) is 14.4. The Hall–Kier alpha value is -2.99. The number of hydrogen-bond donors (Lipinski definition) is 2. The number of amides is 3. The Bertz CT molecular complexity index is 848. The molecule has 1 atom stereocenters. The number of aliphatic hydroxyl groups excluding tert-OH is 1. The minimum Gasteiger partial charge on any atom is -0.394 e. The molecule has 0 saturated carbocycles. The van der Waals surface area contributed by atoms with E-state index in [1.165, 1.54) is 23.1 Å². The molecule has 0 fully saturated rings. The fraction of sp³-hybridized carbons (Fsp3) is 0.250. The number of carbonyl (C=O) groups is 3. The van der Waals surface area contributed by atoms with Crippen LogP contribution in [0.15, 0.2) is 48.5 Å². The molecule has 0 saturated heterocycles. The Balaban J connectivity index is 1.76. The van der Waals surface area contributed by atoms with Gasteiger partial charge in [-0.3, -0.25) is 19.3 Å². The molecule has 1 aliphatic rings. The topological polar surface area (TPSA) is 86.7 Å². The molecular formula is C20H20N2O4. The Morgan fingerprint density at radius 3 is 2.46 bits per heavy atom. The fourth-order valence-electron chi connectivity index (χ4n) is 2.87. The lowest BCUT2D eigenvalue weighted by Crippen LogP contribution is -2.35. The molecule has 0 aliphatic carbocycles. The van der Waals surface area contributed by atoms with Crippen molar-refractivity contribution in [2.24, 2.45) is 0 Å². The highest BCUT2D eigenvalue weighted by Crippen LogP contribution is 2.24. The first-order valence-corrected chi connectivity index (χ1v) is 8.47. The third-order valence-corrected chi connectivity index (χ3v) is 4.35. The minimum atomic E-state index is -0.393. The van der Waals surface area contributed by atoms with Crippen LogP contribution in [0.3, 0.4) is 0 Å². The first-order valence-electron chi connectivity index (χ1n) is 8.47. The summed E-state index contributed by atoms with van der Waals surface area (Å²) in [4.78, 5) is 38.5. The molecule has 2 aromatic rings. The number of hydrogen-bond acceptors (Lipinski definition) is 4. The Labute approximate surface area is 151 Å². The van der Waals surface area contributed by atoms with Crippen LogP contribution < -0.4 is 5.32 Å². The van der Waals surface area contributed by atoms with Crippen LogP contribution >= 0.6 is 0 Å². The molecule has 3 amide bonds. The smallest absolute Gasteiger partial charge is 0.261 e. The van der Waals surface area contributed by atoms with Crippen LogP contribution in [0, 0.1) is 0 Å².